The van der Waals surface area contributed by atoms with E-state index >= 15 is 0 Å². The lowest BCUT2D eigenvalue weighted by Crippen LogP contribution is -2.05. The summed E-state index contributed by atoms with van der Waals surface area (Å²) in [5.41, 5.74) is 7.70. The van der Waals surface area contributed by atoms with Crippen LogP contribution in [0.2, 0.25) is 0 Å². The number of benzene rings is 1. The molecule has 1 aromatic rings. The number of hydrogen-bond donors (Lipinski definition) is 2. The van der Waals surface area contributed by atoms with Gasteiger partial charge in [-0.05, 0) is 36.1 Å². The van der Waals surface area contributed by atoms with E-state index in [0.29, 0.717) is 0 Å². The molecular formula is C9H11NO3S. The smallest absolute Gasteiger partial charge is 0.294 e. The summed E-state index contributed by atoms with van der Waals surface area (Å²) in [5, 5.41) is 0. The van der Waals surface area contributed by atoms with E-state index in [2.05, 4.69) is 0 Å². The van der Waals surface area contributed by atoms with Crippen molar-refractivity contribution in [3.63, 3.8) is 0 Å². The fourth-order valence-electron chi connectivity index (χ4n) is 1.79. The summed E-state index contributed by atoms with van der Waals surface area (Å²) >= 11 is 0. The van der Waals surface area contributed by atoms with Crippen molar-refractivity contribution in [1.82, 2.24) is 0 Å². The molecule has 1 aliphatic carbocycles. The van der Waals surface area contributed by atoms with Crippen molar-refractivity contribution in [2.75, 3.05) is 0 Å². The van der Waals surface area contributed by atoms with Crippen LogP contribution in [0.3, 0.4) is 0 Å². The van der Waals surface area contributed by atoms with Crippen LogP contribution in [0.4, 0.5) is 0 Å². The van der Waals surface area contributed by atoms with Gasteiger partial charge in [0.1, 0.15) is 0 Å². The molecule has 0 fully saturated rings. The fraction of sp³-hybridized carbons (Fsp3) is 0.333. The van der Waals surface area contributed by atoms with Gasteiger partial charge in [-0.1, -0.05) is 6.07 Å². The topological polar surface area (TPSA) is 80.4 Å². The van der Waals surface area contributed by atoms with Crippen molar-refractivity contribution < 1.29 is 13.0 Å². The van der Waals surface area contributed by atoms with Gasteiger partial charge in [0.2, 0.25) is 0 Å². The number of rotatable bonds is 1. The first kappa shape index (κ1) is 9.64. The molecule has 14 heavy (non-hydrogen) atoms. The molecule has 2 rings (SSSR count). The van der Waals surface area contributed by atoms with Gasteiger partial charge in [-0.15, -0.1) is 0 Å². The SMILES string of the molecule is NC1CCc2cc(S(=O)(=O)O)ccc21. The Labute approximate surface area is 82.5 Å². The highest BCUT2D eigenvalue weighted by molar-refractivity contribution is 7.85. The van der Waals surface area contributed by atoms with Crippen LogP contribution in [0.1, 0.15) is 23.6 Å². The van der Waals surface area contributed by atoms with Crippen LogP contribution >= 0.6 is 0 Å². The van der Waals surface area contributed by atoms with Gasteiger partial charge in [-0.25, -0.2) is 0 Å². The van der Waals surface area contributed by atoms with Crippen LogP contribution in [0.5, 0.6) is 0 Å². The summed E-state index contributed by atoms with van der Waals surface area (Å²) in [7, 11) is -4.08. The van der Waals surface area contributed by atoms with E-state index in [1.54, 1.807) is 6.07 Å². The Morgan fingerprint density at radius 3 is 2.79 bits per heavy atom. The Kier molecular flexibility index (Phi) is 2.10. The lowest BCUT2D eigenvalue weighted by Gasteiger charge is -2.05. The molecule has 0 amide bonds. The summed E-state index contributed by atoms with van der Waals surface area (Å²) in [4.78, 5) is -0.0506. The molecule has 76 valence electrons. The molecule has 0 bridgehead atoms. The minimum Gasteiger partial charge on any atom is -0.324 e. The molecular weight excluding hydrogens is 202 g/mol. The van der Waals surface area contributed by atoms with Crippen LogP contribution in [-0.2, 0) is 16.5 Å². The molecule has 0 aromatic heterocycles. The van der Waals surface area contributed by atoms with Gasteiger partial charge in [-0.3, -0.25) is 4.55 Å². The summed E-state index contributed by atoms with van der Waals surface area (Å²) < 4.78 is 30.5. The predicted octanol–water partition coefficient (Wildman–Crippen LogP) is 0.879. The zero-order chi connectivity index (χ0) is 10.3. The minimum atomic E-state index is -4.08. The van der Waals surface area contributed by atoms with Gasteiger partial charge in [0.25, 0.3) is 10.1 Å². The second kappa shape index (κ2) is 3.05. The van der Waals surface area contributed by atoms with Crippen LogP contribution in [0, 0.1) is 0 Å². The highest BCUT2D eigenvalue weighted by atomic mass is 32.2. The molecule has 0 saturated heterocycles. The lowest BCUT2D eigenvalue weighted by atomic mass is 10.1. The Morgan fingerprint density at radius 2 is 2.14 bits per heavy atom. The molecule has 4 nitrogen and oxygen atoms in total. The zero-order valence-electron chi connectivity index (χ0n) is 7.47. The maximum absolute atomic E-state index is 10.8. The van der Waals surface area contributed by atoms with E-state index in [-0.39, 0.29) is 10.9 Å². The van der Waals surface area contributed by atoms with Gasteiger partial charge in [0.15, 0.2) is 0 Å². The Hall–Kier alpha value is -0.910. The van der Waals surface area contributed by atoms with Crippen LogP contribution in [-0.4, -0.2) is 13.0 Å². The third kappa shape index (κ3) is 1.54. The van der Waals surface area contributed by atoms with Gasteiger partial charge in [0.05, 0.1) is 4.90 Å². The van der Waals surface area contributed by atoms with E-state index in [1.165, 1.54) is 12.1 Å². The molecule has 0 saturated carbocycles. The minimum absolute atomic E-state index is 0.000414. The molecule has 0 radical (unpaired) electrons. The molecule has 1 atom stereocenters. The number of hydrogen-bond acceptors (Lipinski definition) is 3. The molecule has 1 unspecified atom stereocenters. The largest absolute Gasteiger partial charge is 0.324 e. The Morgan fingerprint density at radius 1 is 1.43 bits per heavy atom. The number of nitrogens with two attached hydrogens (primary N) is 1. The quantitative estimate of drug-likeness (QED) is 0.678. The summed E-state index contributed by atoms with van der Waals surface area (Å²) in [5.74, 6) is 0. The van der Waals surface area contributed by atoms with Crippen LogP contribution < -0.4 is 5.73 Å². The maximum atomic E-state index is 10.8. The first-order valence-electron chi connectivity index (χ1n) is 4.34. The molecule has 1 aromatic carbocycles. The van der Waals surface area contributed by atoms with Gasteiger partial charge in [-0.2, -0.15) is 8.42 Å². The molecule has 5 heteroatoms. The Balaban J connectivity index is 2.53. The van der Waals surface area contributed by atoms with E-state index < -0.39 is 10.1 Å². The summed E-state index contributed by atoms with van der Waals surface area (Å²) in [6.45, 7) is 0. The van der Waals surface area contributed by atoms with Crippen molar-refractivity contribution in [2.24, 2.45) is 5.73 Å². The van der Waals surface area contributed by atoms with Crippen molar-refractivity contribution in [3.8, 4) is 0 Å². The Bertz CT molecular complexity index is 467. The zero-order valence-corrected chi connectivity index (χ0v) is 8.29. The average Bonchev–Trinajstić information content (AvgIpc) is 2.46. The number of aryl methyl sites for hydroxylation is 1. The molecule has 1 aliphatic rings. The van der Waals surface area contributed by atoms with Crippen LogP contribution in [0.15, 0.2) is 23.1 Å². The number of fused-ring (bicyclic) bond motifs is 1. The third-order valence-electron chi connectivity index (χ3n) is 2.54. The van der Waals surface area contributed by atoms with E-state index in [1.807, 2.05) is 0 Å². The predicted molar refractivity (Wildman–Crippen MR) is 51.5 cm³/mol. The fourth-order valence-corrected chi connectivity index (χ4v) is 2.32. The van der Waals surface area contributed by atoms with E-state index in [4.69, 9.17) is 10.3 Å². The highest BCUT2D eigenvalue weighted by Crippen LogP contribution is 2.30. The highest BCUT2D eigenvalue weighted by Gasteiger charge is 2.21. The third-order valence-corrected chi connectivity index (χ3v) is 3.39. The van der Waals surface area contributed by atoms with E-state index in [9.17, 15) is 8.42 Å². The first-order chi connectivity index (χ1) is 6.48. The van der Waals surface area contributed by atoms with Gasteiger partial charge < -0.3 is 5.73 Å². The van der Waals surface area contributed by atoms with Crippen molar-refractivity contribution >= 4 is 10.1 Å². The van der Waals surface area contributed by atoms with Crippen molar-refractivity contribution in [3.05, 3.63) is 29.3 Å². The van der Waals surface area contributed by atoms with Gasteiger partial charge in [0, 0.05) is 6.04 Å². The summed E-state index contributed by atoms with van der Waals surface area (Å²) in [6, 6.07) is 4.56. The van der Waals surface area contributed by atoms with Crippen molar-refractivity contribution in [2.45, 2.75) is 23.8 Å². The van der Waals surface area contributed by atoms with E-state index in [0.717, 1.165) is 24.0 Å². The second-order valence-electron chi connectivity index (χ2n) is 3.48. The maximum Gasteiger partial charge on any atom is 0.294 e. The van der Waals surface area contributed by atoms with Crippen LogP contribution in [0.25, 0.3) is 0 Å². The molecule has 3 N–H and O–H groups in total. The normalized spacial score (nSPS) is 20.9. The second-order valence-corrected chi connectivity index (χ2v) is 4.90. The standard InChI is InChI=1S/C9H11NO3S/c10-9-4-1-6-5-7(14(11,12)13)2-3-8(6)9/h2-3,5,9H,1,4,10H2,(H,11,12,13). The molecule has 0 aliphatic heterocycles. The first-order valence-corrected chi connectivity index (χ1v) is 5.78. The molecule has 0 spiro atoms. The molecule has 0 heterocycles. The van der Waals surface area contributed by atoms with Gasteiger partial charge >= 0.3 is 0 Å². The lowest BCUT2D eigenvalue weighted by molar-refractivity contribution is 0.483. The monoisotopic (exact) mass is 213 g/mol. The summed E-state index contributed by atoms with van der Waals surface area (Å²) in [6.07, 6.45) is 1.62. The van der Waals surface area contributed by atoms with Crippen molar-refractivity contribution in [1.29, 1.82) is 0 Å². The average molecular weight is 213 g/mol.